The van der Waals surface area contributed by atoms with Gasteiger partial charge in [-0.15, -0.1) is 11.3 Å². The Morgan fingerprint density at radius 1 is 1.00 bits per heavy atom. The zero-order chi connectivity index (χ0) is 19.7. The molecule has 0 bridgehead atoms. The zero-order valence-electron chi connectivity index (χ0n) is 15.3. The van der Waals surface area contributed by atoms with Crippen molar-refractivity contribution in [2.24, 2.45) is 0 Å². The van der Waals surface area contributed by atoms with Crippen molar-refractivity contribution in [2.45, 2.75) is 26.2 Å². The third kappa shape index (κ3) is 3.68. The number of anilines is 2. The molecule has 4 nitrogen and oxygen atoms in total. The number of halogens is 1. The topological polar surface area (TPSA) is 58.2 Å². The molecule has 3 aromatic rings. The molecule has 1 aliphatic carbocycles. The molecule has 0 atom stereocenters. The highest BCUT2D eigenvalue weighted by molar-refractivity contribution is 7.17. The van der Waals surface area contributed by atoms with Crippen LogP contribution in [0.2, 0.25) is 5.02 Å². The second-order valence-corrected chi connectivity index (χ2v) is 8.33. The lowest BCUT2D eigenvalue weighted by Gasteiger charge is -2.11. The maximum Gasteiger partial charge on any atom is 0.258 e. The van der Waals surface area contributed by atoms with Gasteiger partial charge < -0.3 is 10.6 Å². The Hall–Kier alpha value is -2.63. The van der Waals surface area contributed by atoms with Crippen LogP contribution in [0.3, 0.4) is 0 Å². The van der Waals surface area contributed by atoms with Gasteiger partial charge in [0.25, 0.3) is 11.8 Å². The van der Waals surface area contributed by atoms with Crippen LogP contribution in [0.4, 0.5) is 10.7 Å². The van der Waals surface area contributed by atoms with E-state index in [0.717, 1.165) is 30.4 Å². The number of hydrogen-bond acceptors (Lipinski definition) is 3. The average molecular weight is 411 g/mol. The van der Waals surface area contributed by atoms with Gasteiger partial charge in [0.2, 0.25) is 0 Å². The lowest BCUT2D eigenvalue weighted by molar-refractivity contribution is 0.102. The summed E-state index contributed by atoms with van der Waals surface area (Å²) in [4.78, 5) is 27.0. The number of aryl methyl sites for hydroxylation is 2. The van der Waals surface area contributed by atoms with Gasteiger partial charge in [-0.05, 0) is 56.0 Å². The minimum absolute atomic E-state index is 0.213. The minimum Gasteiger partial charge on any atom is -0.321 e. The molecule has 6 heteroatoms. The summed E-state index contributed by atoms with van der Waals surface area (Å²) in [6.07, 6.45) is 2.81. The number of thiophene rings is 1. The molecule has 0 spiro atoms. The van der Waals surface area contributed by atoms with E-state index in [1.807, 2.05) is 37.3 Å². The van der Waals surface area contributed by atoms with Crippen LogP contribution in [0, 0.1) is 6.92 Å². The molecule has 142 valence electrons. The summed E-state index contributed by atoms with van der Waals surface area (Å²) < 4.78 is 0. The molecule has 0 fully saturated rings. The monoisotopic (exact) mass is 410 g/mol. The van der Waals surface area contributed by atoms with Crippen molar-refractivity contribution in [1.82, 2.24) is 0 Å². The van der Waals surface area contributed by atoms with Crippen molar-refractivity contribution < 1.29 is 9.59 Å². The number of para-hydroxylation sites is 1. The number of nitrogens with one attached hydrogen (secondary N) is 2. The highest BCUT2D eigenvalue weighted by atomic mass is 35.5. The molecule has 0 unspecified atom stereocenters. The van der Waals surface area contributed by atoms with Crippen LogP contribution in [0.15, 0.2) is 48.5 Å². The van der Waals surface area contributed by atoms with Gasteiger partial charge >= 0.3 is 0 Å². The maximum atomic E-state index is 13.1. The van der Waals surface area contributed by atoms with E-state index in [1.165, 1.54) is 16.2 Å². The second kappa shape index (κ2) is 7.78. The molecular weight excluding hydrogens is 392 g/mol. The molecule has 0 radical (unpaired) electrons. The minimum atomic E-state index is -0.243. The SMILES string of the molecule is Cc1cccc(C(=O)Nc2sc3c(c2C(=O)Nc2ccccc2Cl)CCC3)c1. The highest BCUT2D eigenvalue weighted by Crippen LogP contribution is 2.40. The molecule has 0 aliphatic heterocycles. The summed E-state index contributed by atoms with van der Waals surface area (Å²) in [7, 11) is 0. The largest absolute Gasteiger partial charge is 0.321 e. The van der Waals surface area contributed by atoms with E-state index in [2.05, 4.69) is 10.6 Å². The van der Waals surface area contributed by atoms with Crippen molar-refractivity contribution in [1.29, 1.82) is 0 Å². The Balaban J connectivity index is 1.65. The first-order valence-corrected chi connectivity index (χ1v) is 10.3. The standard InChI is InChI=1S/C22H19ClN2O2S/c1-13-6-4-7-14(12-13)20(26)25-22-19(15-8-5-11-18(15)28-22)21(27)24-17-10-3-2-9-16(17)23/h2-4,6-7,9-10,12H,5,8,11H2,1H3,(H,24,27)(H,25,26). The van der Waals surface area contributed by atoms with Gasteiger partial charge in [-0.25, -0.2) is 0 Å². The van der Waals surface area contributed by atoms with Crippen molar-refractivity contribution in [3.05, 3.63) is 80.7 Å². The zero-order valence-corrected chi connectivity index (χ0v) is 16.9. The van der Waals surface area contributed by atoms with E-state index in [0.29, 0.717) is 26.8 Å². The van der Waals surface area contributed by atoms with Gasteiger partial charge in [0.05, 0.1) is 16.3 Å². The molecule has 28 heavy (non-hydrogen) atoms. The molecule has 0 saturated carbocycles. The molecule has 2 amide bonds. The molecule has 1 aliphatic rings. The van der Waals surface area contributed by atoms with Gasteiger partial charge in [-0.1, -0.05) is 41.4 Å². The Morgan fingerprint density at radius 2 is 1.82 bits per heavy atom. The van der Waals surface area contributed by atoms with Crippen LogP contribution in [-0.2, 0) is 12.8 Å². The summed E-state index contributed by atoms with van der Waals surface area (Å²) in [5, 5.41) is 6.92. The molecular formula is C22H19ClN2O2S. The lowest BCUT2D eigenvalue weighted by Crippen LogP contribution is -2.18. The number of hydrogen-bond donors (Lipinski definition) is 2. The second-order valence-electron chi connectivity index (χ2n) is 6.82. The maximum absolute atomic E-state index is 13.1. The average Bonchev–Trinajstić information content (AvgIpc) is 3.24. The van der Waals surface area contributed by atoms with Gasteiger partial charge in [-0.2, -0.15) is 0 Å². The van der Waals surface area contributed by atoms with Crippen molar-refractivity contribution in [2.75, 3.05) is 10.6 Å². The van der Waals surface area contributed by atoms with Gasteiger partial charge in [0, 0.05) is 10.4 Å². The number of fused-ring (bicyclic) bond motifs is 1. The summed E-state index contributed by atoms with van der Waals surface area (Å²) in [5.41, 5.74) is 3.74. The molecule has 2 N–H and O–H groups in total. The Kier molecular flexibility index (Phi) is 5.20. The molecule has 1 aromatic heterocycles. The predicted octanol–water partition coefficient (Wildman–Crippen LogP) is 5.70. The van der Waals surface area contributed by atoms with Crippen LogP contribution in [0.5, 0.6) is 0 Å². The van der Waals surface area contributed by atoms with E-state index in [4.69, 9.17) is 11.6 Å². The first-order chi connectivity index (χ1) is 13.5. The first kappa shape index (κ1) is 18.7. The quantitative estimate of drug-likeness (QED) is 0.579. The molecule has 0 saturated heterocycles. The van der Waals surface area contributed by atoms with E-state index < -0.39 is 0 Å². The van der Waals surface area contributed by atoms with Crippen LogP contribution < -0.4 is 10.6 Å². The normalized spacial score (nSPS) is 12.5. The summed E-state index contributed by atoms with van der Waals surface area (Å²) in [6.45, 7) is 1.94. The summed E-state index contributed by atoms with van der Waals surface area (Å²) >= 11 is 7.68. The predicted molar refractivity (Wildman–Crippen MR) is 115 cm³/mol. The molecule has 1 heterocycles. The number of carbonyl (C=O) groups excluding carboxylic acids is 2. The van der Waals surface area contributed by atoms with Crippen LogP contribution in [0.1, 0.15) is 43.1 Å². The van der Waals surface area contributed by atoms with Crippen molar-refractivity contribution >= 4 is 45.4 Å². The van der Waals surface area contributed by atoms with Crippen LogP contribution in [0.25, 0.3) is 0 Å². The van der Waals surface area contributed by atoms with Crippen molar-refractivity contribution in [3.8, 4) is 0 Å². The van der Waals surface area contributed by atoms with Gasteiger partial charge in [-0.3, -0.25) is 9.59 Å². The fourth-order valence-corrected chi connectivity index (χ4v) is 4.91. The van der Waals surface area contributed by atoms with E-state index in [9.17, 15) is 9.59 Å². The first-order valence-electron chi connectivity index (χ1n) is 9.11. The van der Waals surface area contributed by atoms with Gasteiger partial charge in [0.15, 0.2) is 0 Å². The third-order valence-electron chi connectivity index (χ3n) is 4.78. The van der Waals surface area contributed by atoms with Gasteiger partial charge in [0.1, 0.15) is 5.00 Å². The molecule has 2 aromatic carbocycles. The molecule has 4 rings (SSSR count). The van der Waals surface area contributed by atoms with Crippen LogP contribution >= 0.6 is 22.9 Å². The van der Waals surface area contributed by atoms with Crippen LogP contribution in [-0.4, -0.2) is 11.8 Å². The summed E-state index contributed by atoms with van der Waals surface area (Å²) in [6, 6.07) is 14.5. The highest BCUT2D eigenvalue weighted by Gasteiger charge is 2.28. The number of amides is 2. The van der Waals surface area contributed by atoms with E-state index >= 15 is 0 Å². The van der Waals surface area contributed by atoms with E-state index in [-0.39, 0.29) is 11.8 Å². The summed E-state index contributed by atoms with van der Waals surface area (Å²) in [5.74, 6) is -0.456. The number of carbonyl (C=O) groups is 2. The Morgan fingerprint density at radius 3 is 2.61 bits per heavy atom. The smallest absolute Gasteiger partial charge is 0.258 e. The fraction of sp³-hybridized carbons (Fsp3) is 0.182. The Labute approximate surface area is 172 Å². The fourth-order valence-electron chi connectivity index (χ4n) is 3.44. The van der Waals surface area contributed by atoms with Crippen molar-refractivity contribution in [3.63, 3.8) is 0 Å². The Bertz CT molecular complexity index is 1070. The number of rotatable bonds is 4. The number of benzene rings is 2. The third-order valence-corrected chi connectivity index (χ3v) is 6.31. The van der Waals surface area contributed by atoms with E-state index in [1.54, 1.807) is 18.2 Å². The lowest BCUT2D eigenvalue weighted by atomic mass is 10.1.